The maximum Gasteiger partial charge on any atom is 0.189 e. The highest BCUT2D eigenvalue weighted by atomic mass is 17.2. The molecule has 5 rings (SSSR count). The molecular formula is C27H43NO16. The van der Waals surface area contributed by atoms with E-state index in [1.54, 1.807) is 24.3 Å². The minimum atomic E-state index is -1.70. The zero-order chi connectivity index (χ0) is 31.3. The van der Waals surface area contributed by atoms with Gasteiger partial charge in [-0.1, -0.05) is 0 Å². The number of aliphatic hydroxyl groups is 4. The van der Waals surface area contributed by atoms with Crippen LogP contribution in [0.5, 0.6) is 11.5 Å². The Balaban J connectivity index is 1.45. The monoisotopic (exact) mass is 637 g/mol. The molecule has 0 aliphatic carbocycles. The van der Waals surface area contributed by atoms with Crippen LogP contribution in [0.1, 0.15) is 0 Å². The third-order valence-electron chi connectivity index (χ3n) is 6.99. The van der Waals surface area contributed by atoms with E-state index in [0.29, 0.717) is 31.3 Å². The topological polar surface area (TPSA) is 218 Å². The summed E-state index contributed by atoms with van der Waals surface area (Å²) < 4.78 is 45.4. The number of benzene rings is 1. The molecule has 4 heterocycles. The number of methoxy groups -OCH3 is 1. The van der Waals surface area contributed by atoms with E-state index in [9.17, 15) is 20.4 Å². The standard InChI is InChI=1S/C27H43NO16/c1-33-27-25-24(23(18(14-28)40-27)42-26-22(32)21(31)20(30)19(15-29)41-26)43-38-12-8-34-6-10-36-16-2-4-17(5-3-16)37-11-7-35-9-13-39-44-25/h2-5,18-27,29-32H,6-15,28H2,1H3/t18-,19-,20+,21+,22-,23-,24+,25-,26+,27+/m1/s1. The third kappa shape index (κ3) is 9.61. The molecule has 252 valence electrons. The van der Waals surface area contributed by atoms with Crippen molar-refractivity contribution in [1.29, 1.82) is 0 Å². The van der Waals surface area contributed by atoms with Gasteiger partial charge in [-0.15, -0.1) is 0 Å². The van der Waals surface area contributed by atoms with Gasteiger partial charge in [0.05, 0.1) is 33.0 Å². The van der Waals surface area contributed by atoms with Gasteiger partial charge in [0, 0.05) is 13.7 Å². The molecule has 0 radical (unpaired) electrons. The van der Waals surface area contributed by atoms with Crippen molar-refractivity contribution in [2.24, 2.45) is 5.73 Å². The lowest BCUT2D eigenvalue weighted by molar-refractivity contribution is -0.458. The van der Waals surface area contributed by atoms with Gasteiger partial charge in [-0.2, -0.15) is 0 Å². The number of hydrogen-bond donors (Lipinski definition) is 5. The van der Waals surface area contributed by atoms with E-state index < -0.39 is 68.0 Å². The normalized spacial score (nSPS) is 37.0. The summed E-state index contributed by atoms with van der Waals surface area (Å²) in [5.41, 5.74) is 5.98. The Bertz CT molecular complexity index is 928. The number of ether oxygens (including phenoxy) is 8. The predicted octanol–water partition coefficient (Wildman–Crippen LogP) is -2.36. The van der Waals surface area contributed by atoms with E-state index >= 15 is 0 Å². The highest BCUT2D eigenvalue weighted by Gasteiger charge is 2.53. The van der Waals surface area contributed by atoms with Crippen molar-refractivity contribution in [1.82, 2.24) is 0 Å². The van der Waals surface area contributed by atoms with Crippen molar-refractivity contribution in [3.8, 4) is 11.5 Å². The molecule has 4 aliphatic rings. The Hall–Kier alpha value is -1.78. The second kappa shape index (κ2) is 18.4. The van der Waals surface area contributed by atoms with E-state index in [2.05, 4.69) is 0 Å². The molecule has 0 saturated carbocycles. The van der Waals surface area contributed by atoms with Crippen molar-refractivity contribution in [2.45, 2.75) is 61.4 Å². The Morgan fingerprint density at radius 1 is 0.705 bits per heavy atom. The molecule has 1 aromatic rings. The van der Waals surface area contributed by atoms with Crippen LogP contribution in [0.3, 0.4) is 0 Å². The summed E-state index contributed by atoms with van der Waals surface area (Å²) >= 11 is 0. The Morgan fingerprint density at radius 3 is 1.80 bits per heavy atom. The minimum Gasteiger partial charge on any atom is -0.491 e. The zero-order valence-corrected chi connectivity index (χ0v) is 24.4. The Kier molecular flexibility index (Phi) is 14.7. The molecule has 10 atom stereocenters. The van der Waals surface area contributed by atoms with Crippen molar-refractivity contribution in [3.63, 3.8) is 0 Å². The second-order valence-corrected chi connectivity index (χ2v) is 9.97. The van der Waals surface area contributed by atoms with Gasteiger partial charge in [0.2, 0.25) is 0 Å². The molecule has 6 N–H and O–H groups in total. The quantitative estimate of drug-likeness (QED) is 0.168. The van der Waals surface area contributed by atoms with Crippen LogP contribution in [0.25, 0.3) is 0 Å². The van der Waals surface area contributed by atoms with Gasteiger partial charge >= 0.3 is 0 Å². The van der Waals surface area contributed by atoms with Crippen molar-refractivity contribution < 1.29 is 77.9 Å². The van der Waals surface area contributed by atoms with Gasteiger partial charge in [-0.25, -0.2) is 19.6 Å². The fourth-order valence-corrected chi connectivity index (χ4v) is 4.68. The molecule has 1 aromatic carbocycles. The van der Waals surface area contributed by atoms with Crippen LogP contribution in [0.15, 0.2) is 24.3 Å². The molecule has 0 spiro atoms. The van der Waals surface area contributed by atoms with Crippen LogP contribution in [-0.4, -0.2) is 155 Å². The van der Waals surface area contributed by atoms with Crippen LogP contribution < -0.4 is 15.2 Å². The summed E-state index contributed by atoms with van der Waals surface area (Å²) in [5, 5.41) is 40.6. The van der Waals surface area contributed by atoms with Crippen LogP contribution in [0.2, 0.25) is 0 Å². The van der Waals surface area contributed by atoms with Crippen LogP contribution in [0.4, 0.5) is 0 Å². The molecule has 0 aromatic heterocycles. The van der Waals surface area contributed by atoms with Crippen LogP contribution in [-0.2, 0) is 48.0 Å². The van der Waals surface area contributed by atoms with Crippen molar-refractivity contribution in [2.75, 3.05) is 73.1 Å². The van der Waals surface area contributed by atoms with E-state index in [0.717, 1.165) is 0 Å². The van der Waals surface area contributed by atoms with Gasteiger partial charge in [0.25, 0.3) is 0 Å². The third-order valence-corrected chi connectivity index (χ3v) is 6.99. The highest BCUT2D eigenvalue weighted by Crippen LogP contribution is 2.32. The lowest BCUT2D eigenvalue weighted by Gasteiger charge is -2.47. The average molecular weight is 638 g/mol. The maximum atomic E-state index is 10.6. The van der Waals surface area contributed by atoms with E-state index in [4.69, 9.17) is 63.2 Å². The lowest BCUT2D eigenvalue weighted by atomic mass is 9.96. The maximum absolute atomic E-state index is 10.6. The first-order chi connectivity index (χ1) is 21.5. The first-order valence-corrected chi connectivity index (χ1v) is 14.4. The molecule has 0 unspecified atom stereocenters. The smallest absolute Gasteiger partial charge is 0.189 e. The first kappa shape index (κ1) is 35.1. The van der Waals surface area contributed by atoms with Crippen LogP contribution in [0, 0.1) is 0 Å². The lowest BCUT2D eigenvalue weighted by Crippen LogP contribution is -2.66. The number of aliphatic hydroxyl groups excluding tert-OH is 4. The van der Waals surface area contributed by atoms with Gasteiger partial charge in [0.15, 0.2) is 24.8 Å². The molecule has 17 heteroatoms. The second-order valence-electron chi connectivity index (χ2n) is 9.97. The Morgan fingerprint density at radius 2 is 1.25 bits per heavy atom. The van der Waals surface area contributed by atoms with Gasteiger partial charge < -0.3 is 64.1 Å². The summed E-state index contributed by atoms with van der Waals surface area (Å²) in [6, 6.07) is 7.17. The summed E-state index contributed by atoms with van der Waals surface area (Å²) in [4.78, 5) is 22.2. The first-order valence-electron chi connectivity index (χ1n) is 14.4. The SMILES string of the molecule is CO[C@H]1O[C@H](CN)[C@@H](O[C@@H]2O[C@H](CO)[C@H](O)[C@H](O)[C@H]2O)[C@@H]2OOCCOCCOc3ccc(cc3)OCCOCCOO[C@@H]12. The summed E-state index contributed by atoms with van der Waals surface area (Å²) in [6.07, 6.45) is -13.1. The van der Waals surface area contributed by atoms with E-state index in [1.807, 2.05) is 0 Å². The molecule has 4 aliphatic heterocycles. The van der Waals surface area contributed by atoms with E-state index in [1.165, 1.54) is 7.11 Å². The summed E-state index contributed by atoms with van der Waals surface area (Å²) in [5.74, 6) is 1.33. The number of rotatable bonds is 5. The largest absolute Gasteiger partial charge is 0.491 e. The van der Waals surface area contributed by atoms with Gasteiger partial charge in [0.1, 0.15) is 74.6 Å². The minimum absolute atomic E-state index is 0.0114. The highest BCUT2D eigenvalue weighted by molar-refractivity contribution is 5.31. The summed E-state index contributed by atoms with van der Waals surface area (Å²) in [6.45, 7) is 0.734. The number of nitrogens with two attached hydrogens (primary N) is 1. The predicted molar refractivity (Wildman–Crippen MR) is 144 cm³/mol. The van der Waals surface area contributed by atoms with Gasteiger partial charge in [-0.05, 0) is 24.3 Å². The van der Waals surface area contributed by atoms with Crippen molar-refractivity contribution in [3.05, 3.63) is 24.3 Å². The number of hydrogen-bond acceptors (Lipinski definition) is 17. The number of fused-ring (bicyclic) bond motifs is 16. The van der Waals surface area contributed by atoms with E-state index in [-0.39, 0.29) is 39.6 Å². The summed E-state index contributed by atoms with van der Waals surface area (Å²) in [7, 11) is 1.38. The van der Waals surface area contributed by atoms with Crippen LogP contribution >= 0.6 is 0 Å². The molecule has 0 amide bonds. The average Bonchev–Trinajstić information content (AvgIpc) is 3.04. The molecule has 2 saturated heterocycles. The van der Waals surface area contributed by atoms with Crippen molar-refractivity contribution >= 4 is 0 Å². The fraction of sp³-hybridized carbons (Fsp3) is 0.778. The van der Waals surface area contributed by atoms with Gasteiger partial charge in [-0.3, -0.25) is 0 Å². The molecule has 2 bridgehead atoms. The molecule has 17 nitrogen and oxygen atoms in total. The fourth-order valence-electron chi connectivity index (χ4n) is 4.68. The molecule has 2 fully saturated rings. The molecule has 44 heavy (non-hydrogen) atoms. The zero-order valence-electron chi connectivity index (χ0n) is 24.4. The Labute approximate surface area is 254 Å². The molecular weight excluding hydrogens is 594 g/mol.